The number of hydrogen-bond donors (Lipinski definition) is 2. The number of aromatic nitrogens is 1. The number of H-pyrrole nitrogens is 1. The SMILES string of the molecule is O=C(O)c1ccc2c(CCCCCl)c[nH]c2c1. The molecule has 0 aliphatic carbocycles. The molecule has 0 spiro atoms. The third-order valence-electron chi connectivity index (χ3n) is 2.84. The lowest BCUT2D eigenvalue weighted by Gasteiger charge is -1.99. The zero-order chi connectivity index (χ0) is 12.3. The summed E-state index contributed by atoms with van der Waals surface area (Å²) in [7, 11) is 0. The minimum atomic E-state index is -0.898. The van der Waals surface area contributed by atoms with E-state index < -0.39 is 5.97 Å². The van der Waals surface area contributed by atoms with Crippen LogP contribution in [0.25, 0.3) is 10.9 Å². The lowest BCUT2D eigenvalue weighted by atomic mass is 10.1. The monoisotopic (exact) mass is 251 g/mol. The number of carboxylic acids is 1. The molecule has 0 saturated carbocycles. The van der Waals surface area contributed by atoms with E-state index in [2.05, 4.69) is 4.98 Å². The van der Waals surface area contributed by atoms with Gasteiger partial charge in [0.15, 0.2) is 0 Å². The van der Waals surface area contributed by atoms with Gasteiger partial charge in [0, 0.05) is 23.0 Å². The van der Waals surface area contributed by atoms with Gasteiger partial charge in [-0.1, -0.05) is 6.07 Å². The van der Waals surface area contributed by atoms with Crippen LogP contribution in [0.2, 0.25) is 0 Å². The van der Waals surface area contributed by atoms with Crippen molar-refractivity contribution in [3.8, 4) is 0 Å². The summed E-state index contributed by atoms with van der Waals surface area (Å²) < 4.78 is 0. The van der Waals surface area contributed by atoms with Crippen LogP contribution < -0.4 is 0 Å². The number of carbonyl (C=O) groups is 1. The molecule has 2 N–H and O–H groups in total. The number of fused-ring (bicyclic) bond motifs is 1. The summed E-state index contributed by atoms with van der Waals surface area (Å²) in [4.78, 5) is 13.9. The molecule has 17 heavy (non-hydrogen) atoms. The molecule has 4 heteroatoms. The molecule has 0 fully saturated rings. The molecule has 1 aromatic carbocycles. The Labute approximate surface area is 104 Å². The number of alkyl halides is 1. The maximum absolute atomic E-state index is 10.8. The summed E-state index contributed by atoms with van der Waals surface area (Å²) in [6.45, 7) is 0. The molecule has 0 atom stereocenters. The first-order valence-electron chi connectivity index (χ1n) is 5.61. The number of carboxylic acid groups (broad SMARTS) is 1. The zero-order valence-corrected chi connectivity index (χ0v) is 10.1. The number of hydrogen-bond acceptors (Lipinski definition) is 1. The van der Waals surface area contributed by atoms with Crippen molar-refractivity contribution in [2.45, 2.75) is 19.3 Å². The van der Waals surface area contributed by atoms with Crippen molar-refractivity contribution >= 4 is 28.5 Å². The Hall–Kier alpha value is -1.48. The van der Waals surface area contributed by atoms with Crippen molar-refractivity contribution in [1.29, 1.82) is 0 Å². The molecule has 2 aromatic rings. The average molecular weight is 252 g/mol. The van der Waals surface area contributed by atoms with Crippen LogP contribution >= 0.6 is 11.6 Å². The van der Waals surface area contributed by atoms with Crippen molar-refractivity contribution < 1.29 is 9.90 Å². The summed E-state index contributed by atoms with van der Waals surface area (Å²) in [6, 6.07) is 5.18. The third-order valence-corrected chi connectivity index (χ3v) is 3.11. The van der Waals surface area contributed by atoms with Gasteiger partial charge in [-0.15, -0.1) is 11.6 Å². The van der Waals surface area contributed by atoms with E-state index in [9.17, 15) is 4.79 Å². The van der Waals surface area contributed by atoms with Gasteiger partial charge >= 0.3 is 5.97 Å². The number of nitrogens with one attached hydrogen (secondary N) is 1. The van der Waals surface area contributed by atoms with E-state index in [0.717, 1.165) is 30.2 Å². The first-order valence-corrected chi connectivity index (χ1v) is 6.15. The highest BCUT2D eigenvalue weighted by Gasteiger charge is 2.07. The normalized spacial score (nSPS) is 10.9. The van der Waals surface area contributed by atoms with Crippen LogP contribution in [0, 0.1) is 0 Å². The van der Waals surface area contributed by atoms with Crippen molar-refractivity contribution in [1.82, 2.24) is 4.98 Å². The van der Waals surface area contributed by atoms with Gasteiger partial charge in [0.2, 0.25) is 0 Å². The Bertz CT molecular complexity index is 533. The van der Waals surface area contributed by atoms with Crippen LogP contribution in [-0.2, 0) is 6.42 Å². The van der Waals surface area contributed by atoms with Gasteiger partial charge in [0.25, 0.3) is 0 Å². The molecule has 1 heterocycles. The standard InChI is InChI=1S/C13H14ClNO2/c14-6-2-1-3-10-8-15-12-7-9(13(16)17)4-5-11(10)12/h4-5,7-8,15H,1-3,6H2,(H,16,17). The Kier molecular flexibility index (Phi) is 3.69. The Morgan fingerprint density at radius 1 is 1.35 bits per heavy atom. The number of unbranched alkanes of at least 4 members (excludes halogenated alkanes) is 1. The molecular weight excluding hydrogens is 238 g/mol. The van der Waals surface area contributed by atoms with Gasteiger partial charge in [0.1, 0.15) is 0 Å². The first-order chi connectivity index (χ1) is 8.22. The Balaban J connectivity index is 2.25. The average Bonchev–Trinajstić information content (AvgIpc) is 2.72. The highest BCUT2D eigenvalue weighted by atomic mass is 35.5. The Morgan fingerprint density at radius 2 is 2.18 bits per heavy atom. The minimum Gasteiger partial charge on any atom is -0.478 e. The van der Waals surface area contributed by atoms with Crippen molar-refractivity contribution in [3.05, 3.63) is 35.5 Å². The molecule has 0 unspecified atom stereocenters. The molecule has 1 aromatic heterocycles. The summed E-state index contributed by atoms with van der Waals surface area (Å²) in [5.74, 6) is -0.212. The smallest absolute Gasteiger partial charge is 0.335 e. The first kappa shape index (κ1) is 12.0. The number of rotatable bonds is 5. The van der Waals surface area contributed by atoms with Crippen molar-refractivity contribution in [3.63, 3.8) is 0 Å². The molecule has 0 bridgehead atoms. The predicted octanol–water partition coefficient (Wildman–Crippen LogP) is 3.43. The number of halogens is 1. The largest absolute Gasteiger partial charge is 0.478 e. The summed E-state index contributed by atoms with van der Waals surface area (Å²) in [6.07, 6.45) is 4.97. The quantitative estimate of drug-likeness (QED) is 0.632. The molecule has 0 radical (unpaired) electrons. The maximum atomic E-state index is 10.8. The van der Waals surface area contributed by atoms with E-state index in [-0.39, 0.29) is 0 Å². The van der Waals surface area contributed by atoms with Crippen LogP contribution in [0.15, 0.2) is 24.4 Å². The fourth-order valence-corrected chi connectivity index (χ4v) is 2.13. The van der Waals surface area contributed by atoms with Gasteiger partial charge in [-0.25, -0.2) is 4.79 Å². The molecular formula is C13H14ClNO2. The van der Waals surface area contributed by atoms with Crippen molar-refractivity contribution in [2.24, 2.45) is 0 Å². The fourth-order valence-electron chi connectivity index (χ4n) is 1.94. The van der Waals surface area contributed by atoms with Gasteiger partial charge in [-0.3, -0.25) is 0 Å². The van der Waals surface area contributed by atoms with Crippen LogP contribution in [-0.4, -0.2) is 21.9 Å². The topological polar surface area (TPSA) is 53.1 Å². The molecule has 0 aliphatic rings. The van der Waals surface area contributed by atoms with Gasteiger partial charge in [0.05, 0.1) is 5.56 Å². The zero-order valence-electron chi connectivity index (χ0n) is 9.37. The second-order valence-corrected chi connectivity index (χ2v) is 4.40. The van der Waals surface area contributed by atoms with Crippen LogP contribution in [0.5, 0.6) is 0 Å². The molecule has 0 aliphatic heterocycles. The van der Waals surface area contributed by atoms with Crippen LogP contribution in [0.1, 0.15) is 28.8 Å². The molecule has 90 valence electrons. The van der Waals surface area contributed by atoms with Crippen LogP contribution in [0.4, 0.5) is 0 Å². The van der Waals surface area contributed by atoms with Gasteiger partial charge in [-0.05, 0) is 37.0 Å². The summed E-state index contributed by atoms with van der Waals surface area (Å²) >= 11 is 5.64. The van der Waals surface area contributed by atoms with Gasteiger partial charge in [-0.2, -0.15) is 0 Å². The summed E-state index contributed by atoms with van der Waals surface area (Å²) in [5.41, 5.74) is 2.42. The lowest BCUT2D eigenvalue weighted by molar-refractivity contribution is 0.0697. The predicted molar refractivity (Wildman–Crippen MR) is 68.9 cm³/mol. The maximum Gasteiger partial charge on any atom is 0.335 e. The summed E-state index contributed by atoms with van der Waals surface area (Å²) in [5, 5.41) is 10.00. The van der Waals surface area contributed by atoms with Gasteiger partial charge < -0.3 is 10.1 Å². The van der Waals surface area contributed by atoms with Crippen molar-refractivity contribution in [2.75, 3.05) is 5.88 Å². The lowest BCUT2D eigenvalue weighted by Crippen LogP contribution is -1.95. The molecule has 2 rings (SSSR count). The van der Waals surface area contributed by atoms with E-state index in [4.69, 9.17) is 16.7 Å². The molecule has 3 nitrogen and oxygen atoms in total. The molecule has 0 saturated heterocycles. The van der Waals surface area contributed by atoms with E-state index >= 15 is 0 Å². The third kappa shape index (κ3) is 2.61. The minimum absolute atomic E-state index is 0.312. The number of aromatic amines is 1. The number of aromatic carboxylic acids is 1. The highest BCUT2D eigenvalue weighted by molar-refractivity contribution is 6.17. The van der Waals surface area contributed by atoms with E-state index in [1.54, 1.807) is 12.1 Å². The van der Waals surface area contributed by atoms with Crippen LogP contribution in [0.3, 0.4) is 0 Å². The fraction of sp³-hybridized carbons (Fsp3) is 0.308. The van der Waals surface area contributed by atoms with E-state index in [0.29, 0.717) is 11.4 Å². The molecule has 0 amide bonds. The number of benzene rings is 1. The second kappa shape index (κ2) is 5.23. The Morgan fingerprint density at radius 3 is 2.88 bits per heavy atom. The second-order valence-electron chi connectivity index (χ2n) is 4.03. The van der Waals surface area contributed by atoms with E-state index in [1.165, 1.54) is 5.56 Å². The highest BCUT2D eigenvalue weighted by Crippen LogP contribution is 2.21. The van der Waals surface area contributed by atoms with E-state index in [1.807, 2.05) is 12.3 Å². The number of aryl methyl sites for hydroxylation is 1.